The molecule has 0 amide bonds. The Balaban J connectivity index is 1.87. The minimum absolute atomic E-state index is 0.154. The van der Waals surface area contributed by atoms with Gasteiger partial charge >= 0.3 is 0 Å². The normalized spacial score (nSPS) is 17.0. The molecule has 1 aliphatic carbocycles. The standard InChI is InChI=1S/C11H18N2OS/c1-11(2,7-14)13-6-9-5-12-10(15-9)8-3-4-8/h5,8,13-14H,3-4,6-7H2,1-2H3. The second-order valence-electron chi connectivity index (χ2n) is 4.83. The molecular weight excluding hydrogens is 208 g/mol. The second-order valence-corrected chi connectivity index (χ2v) is 5.98. The average Bonchev–Trinajstić information content (AvgIpc) is 2.96. The molecule has 0 unspecified atom stereocenters. The molecule has 4 heteroatoms. The molecule has 2 N–H and O–H groups in total. The van der Waals surface area contributed by atoms with Crippen LogP contribution in [0.3, 0.4) is 0 Å². The van der Waals surface area contributed by atoms with Gasteiger partial charge in [0.05, 0.1) is 11.6 Å². The number of aliphatic hydroxyl groups excluding tert-OH is 1. The van der Waals surface area contributed by atoms with Gasteiger partial charge in [0.15, 0.2) is 0 Å². The Morgan fingerprint density at radius 3 is 2.93 bits per heavy atom. The second kappa shape index (κ2) is 4.20. The van der Waals surface area contributed by atoms with Gasteiger partial charge in [0, 0.05) is 29.1 Å². The SMILES string of the molecule is CC(C)(CO)NCc1cnc(C2CC2)s1. The van der Waals surface area contributed by atoms with Crippen molar-refractivity contribution in [2.24, 2.45) is 0 Å². The first-order valence-corrected chi connectivity index (χ1v) is 6.23. The fourth-order valence-electron chi connectivity index (χ4n) is 1.31. The third kappa shape index (κ3) is 3.00. The summed E-state index contributed by atoms with van der Waals surface area (Å²) in [5.41, 5.74) is -0.205. The van der Waals surface area contributed by atoms with Gasteiger partial charge < -0.3 is 10.4 Å². The van der Waals surface area contributed by atoms with Crippen molar-refractivity contribution in [2.75, 3.05) is 6.61 Å². The summed E-state index contributed by atoms with van der Waals surface area (Å²) in [6, 6.07) is 0. The Hall–Kier alpha value is -0.450. The van der Waals surface area contributed by atoms with Crippen LogP contribution in [0.25, 0.3) is 0 Å². The van der Waals surface area contributed by atoms with Crippen LogP contribution in [0, 0.1) is 0 Å². The van der Waals surface area contributed by atoms with E-state index in [1.54, 1.807) is 11.3 Å². The number of nitrogens with zero attached hydrogens (tertiary/aromatic N) is 1. The smallest absolute Gasteiger partial charge is 0.0959 e. The summed E-state index contributed by atoms with van der Waals surface area (Å²) in [4.78, 5) is 5.68. The van der Waals surface area contributed by atoms with Crippen molar-refractivity contribution >= 4 is 11.3 Å². The van der Waals surface area contributed by atoms with Gasteiger partial charge in [-0.25, -0.2) is 4.98 Å². The lowest BCUT2D eigenvalue weighted by atomic mass is 10.1. The van der Waals surface area contributed by atoms with Crippen LogP contribution in [-0.2, 0) is 6.54 Å². The molecule has 15 heavy (non-hydrogen) atoms. The highest BCUT2D eigenvalue weighted by molar-refractivity contribution is 7.11. The Labute approximate surface area is 94.5 Å². The van der Waals surface area contributed by atoms with Gasteiger partial charge in [0.2, 0.25) is 0 Å². The van der Waals surface area contributed by atoms with E-state index < -0.39 is 0 Å². The predicted octanol–water partition coefficient (Wildman–Crippen LogP) is 1.88. The van der Waals surface area contributed by atoms with Crippen molar-refractivity contribution in [2.45, 2.75) is 44.7 Å². The third-order valence-corrected chi connectivity index (χ3v) is 3.79. The van der Waals surface area contributed by atoms with E-state index in [0.717, 1.165) is 12.5 Å². The molecular formula is C11H18N2OS. The first-order valence-electron chi connectivity index (χ1n) is 5.41. The van der Waals surface area contributed by atoms with Crippen molar-refractivity contribution in [1.82, 2.24) is 10.3 Å². The molecule has 0 spiro atoms. The van der Waals surface area contributed by atoms with Crippen LogP contribution >= 0.6 is 11.3 Å². The molecule has 1 heterocycles. The van der Waals surface area contributed by atoms with E-state index in [2.05, 4.69) is 10.3 Å². The lowest BCUT2D eigenvalue weighted by Gasteiger charge is -2.22. The molecule has 3 nitrogen and oxygen atoms in total. The maximum absolute atomic E-state index is 9.10. The monoisotopic (exact) mass is 226 g/mol. The molecule has 0 aromatic carbocycles. The zero-order valence-electron chi connectivity index (χ0n) is 9.29. The molecule has 1 aromatic heterocycles. The Bertz CT molecular complexity index is 331. The van der Waals surface area contributed by atoms with Gasteiger partial charge in [-0.2, -0.15) is 0 Å². The van der Waals surface area contributed by atoms with E-state index in [0.29, 0.717) is 0 Å². The molecule has 0 bridgehead atoms. The van der Waals surface area contributed by atoms with Crippen molar-refractivity contribution in [3.05, 3.63) is 16.1 Å². The van der Waals surface area contributed by atoms with E-state index in [4.69, 9.17) is 5.11 Å². The molecule has 0 atom stereocenters. The van der Waals surface area contributed by atoms with Crippen LogP contribution in [0.4, 0.5) is 0 Å². The summed E-state index contributed by atoms with van der Waals surface area (Å²) in [7, 11) is 0. The minimum Gasteiger partial charge on any atom is -0.394 e. The van der Waals surface area contributed by atoms with E-state index in [9.17, 15) is 0 Å². The Kier molecular flexibility index (Phi) is 3.09. The predicted molar refractivity (Wildman–Crippen MR) is 62.1 cm³/mol. The average molecular weight is 226 g/mol. The van der Waals surface area contributed by atoms with E-state index >= 15 is 0 Å². The van der Waals surface area contributed by atoms with Gasteiger partial charge in [0.1, 0.15) is 0 Å². The summed E-state index contributed by atoms with van der Waals surface area (Å²) in [6.45, 7) is 4.95. The van der Waals surface area contributed by atoms with Gasteiger partial charge in [-0.3, -0.25) is 0 Å². The number of hydrogen-bond acceptors (Lipinski definition) is 4. The topological polar surface area (TPSA) is 45.1 Å². The number of aliphatic hydroxyl groups is 1. The van der Waals surface area contributed by atoms with Crippen LogP contribution in [0.15, 0.2) is 6.20 Å². The molecule has 84 valence electrons. The molecule has 1 saturated carbocycles. The molecule has 0 aliphatic heterocycles. The van der Waals surface area contributed by atoms with E-state index in [1.165, 1.54) is 22.7 Å². The summed E-state index contributed by atoms with van der Waals surface area (Å²) in [5, 5.41) is 13.7. The van der Waals surface area contributed by atoms with Crippen LogP contribution < -0.4 is 5.32 Å². The molecule has 1 aromatic rings. The first-order chi connectivity index (χ1) is 7.11. The van der Waals surface area contributed by atoms with Crippen LogP contribution in [0.2, 0.25) is 0 Å². The molecule has 1 fully saturated rings. The fourth-order valence-corrected chi connectivity index (χ4v) is 2.33. The number of thiazole rings is 1. The number of nitrogens with one attached hydrogen (secondary N) is 1. The summed E-state index contributed by atoms with van der Waals surface area (Å²) in [5.74, 6) is 0.745. The number of aromatic nitrogens is 1. The number of rotatable bonds is 5. The highest BCUT2D eigenvalue weighted by Crippen LogP contribution is 2.41. The zero-order chi connectivity index (χ0) is 10.9. The fraction of sp³-hybridized carbons (Fsp3) is 0.727. The van der Waals surface area contributed by atoms with Gasteiger partial charge in [-0.1, -0.05) is 0 Å². The summed E-state index contributed by atoms with van der Waals surface area (Å²) in [6.07, 6.45) is 4.57. The Morgan fingerprint density at radius 1 is 1.60 bits per heavy atom. The largest absolute Gasteiger partial charge is 0.394 e. The van der Waals surface area contributed by atoms with Crippen LogP contribution in [-0.4, -0.2) is 22.2 Å². The van der Waals surface area contributed by atoms with Crippen molar-refractivity contribution in [3.8, 4) is 0 Å². The summed E-state index contributed by atoms with van der Waals surface area (Å²) >= 11 is 1.80. The highest BCUT2D eigenvalue weighted by Gasteiger charge is 2.26. The molecule has 0 saturated heterocycles. The van der Waals surface area contributed by atoms with Crippen LogP contribution in [0.5, 0.6) is 0 Å². The highest BCUT2D eigenvalue weighted by atomic mass is 32.1. The van der Waals surface area contributed by atoms with Gasteiger partial charge in [0.25, 0.3) is 0 Å². The first kappa shape index (κ1) is 11.0. The van der Waals surface area contributed by atoms with Gasteiger partial charge in [-0.05, 0) is 26.7 Å². The molecule has 1 aliphatic rings. The maximum atomic E-state index is 9.10. The molecule has 0 radical (unpaired) electrons. The zero-order valence-corrected chi connectivity index (χ0v) is 10.1. The lowest BCUT2D eigenvalue weighted by molar-refractivity contribution is 0.187. The number of hydrogen-bond donors (Lipinski definition) is 2. The van der Waals surface area contributed by atoms with E-state index in [1.807, 2.05) is 20.0 Å². The molecule has 2 rings (SSSR count). The van der Waals surface area contributed by atoms with Crippen molar-refractivity contribution < 1.29 is 5.11 Å². The maximum Gasteiger partial charge on any atom is 0.0959 e. The van der Waals surface area contributed by atoms with E-state index in [-0.39, 0.29) is 12.1 Å². The van der Waals surface area contributed by atoms with Crippen molar-refractivity contribution in [3.63, 3.8) is 0 Å². The lowest BCUT2D eigenvalue weighted by Crippen LogP contribution is -2.41. The minimum atomic E-state index is -0.205. The quantitative estimate of drug-likeness (QED) is 0.806. The Morgan fingerprint density at radius 2 is 2.33 bits per heavy atom. The summed E-state index contributed by atoms with van der Waals surface area (Å²) < 4.78 is 0. The van der Waals surface area contributed by atoms with Gasteiger partial charge in [-0.15, -0.1) is 11.3 Å². The van der Waals surface area contributed by atoms with Crippen molar-refractivity contribution in [1.29, 1.82) is 0 Å². The third-order valence-electron chi connectivity index (χ3n) is 2.63. The van der Waals surface area contributed by atoms with Crippen LogP contribution in [0.1, 0.15) is 42.5 Å².